The fourth-order valence-electron chi connectivity index (χ4n) is 9.89. The van der Waals surface area contributed by atoms with E-state index in [9.17, 15) is 0 Å². The van der Waals surface area contributed by atoms with Crippen molar-refractivity contribution in [3.8, 4) is 27.9 Å². The van der Waals surface area contributed by atoms with Gasteiger partial charge in [0.25, 0.3) is 0 Å². The molecular weight excluding hydrogens is 619 g/mol. The quantitative estimate of drug-likeness (QED) is 0.172. The molecule has 0 saturated carbocycles. The number of anilines is 2. The van der Waals surface area contributed by atoms with E-state index < -0.39 is 0 Å². The minimum absolute atomic E-state index is 0.0931. The first-order valence-electron chi connectivity index (χ1n) is 18.4. The molecule has 0 unspecified atom stereocenters. The van der Waals surface area contributed by atoms with Crippen LogP contribution in [-0.4, -0.2) is 11.4 Å². The number of hydrogen-bond acceptors (Lipinski definition) is 2. The van der Waals surface area contributed by atoms with Gasteiger partial charge in [0.05, 0.1) is 16.7 Å². The van der Waals surface area contributed by atoms with E-state index in [4.69, 9.17) is 4.42 Å². The Kier molecular flexibility index (Phi) is 5.66. The zero-order valence-electron chi connectivity index (χ0n) is 29.8. The maximum absolute atomic E-state index is 7.20. The van der Waals surface area contributed by atoms with E-state index in [2.05, 4.69) is 165 Å². The van der Waals surface area contributed by atoms with Crippen LogP contribution in [-0.2, 0) is 10.8 Å². The molecular formula is C47H39BN2O. The lowest BCUT2D eigenvalue weighted by molar-refractivity contribution is 0.332. The van der Waals surface area contributed by atoms with Crippen molar-refractivity contribution in [3.05, 3.63) is 138 Å². The van der Waals surface area contributed by atoms with Gasteiger partial charge in [0.15, 0.2) is 0 Å². The number of aromatic nitrogens is 1. The Labute approximate surface area is 299 Å². The lowest BCUT2D eigenvalue weighted by Gasteiger charge is -2.44. The minimum Gasteiger partial charge on any atom is -0.466 e. The van der Waals surface area contributed by atoms with E-state index in [1.807, 2.05) is 0 Å². The van der Waals surface area contributed by atoms with Crippen molar-refractivity contribution < 1.29 is 4.42 Å². The van der Waals surface area contributed by atoms with Gasteiger partial charge in [0.1, 0.15) is 11.2 Å². The molecule has 246 valence electrons. The molecule has 2 aromatic heterocycles. The van der Waals surface area contributed by atoms with Crippen LogP contribution in [0.2, 0.25) is 0 Å². The van der Waals surface area contributed by atoms with E-state index in [1.54, 1.807) is 0 Å². The SMILES string of the molecule is Cc1cc2c3c4c1c1ccccc1n4-c1c(oc4ccc(-c5ccccc5)cc14)B3N(c1ccc3c(c1)C(C)(C)CCC3(C)C)c1ccccc1-2. The monoisotopic (exact) mass is 658 g/mol. The van der Waals surface area contributed by atoms with Crippen molar-refractivity contribution in [2.24, 2.45) is 0 Å². The molecule has 0 atom stereocenters. The number of hydrogen-bond donors (Lipinski definition) is 0. The van der Waals surface area contributed by atoms with E-state index in [-0.39, 0.29) is 17.7 Å². The van der Waals surface area contributed by atoms with E-state index >= 15 is 0 Å². The fraction of sp³-hybridized carbons (Fsp3) is 0.191. The average Bonchev–Trinajstić information content (AvgIpc) is 3.70. The maximum atomic E-state index is 7.20. The van der Waals surface area contributed by atoms with Crippen LogP contribution >= 0.6 is 0 Å². The number of rotatable bonds is 2. The molecule has 0 saturated heterocycles. The lowest BCUT2D eigenvalue weighted by Crippen LogP contribution is -2.60. The number of benzene rings is 6. The van der Waals surface area contributed by atoms with Gasteiger partial charge in [-0.3, -0.25) is 0 Å². The molecule has 6 aromatic carbocycles. The molecule has 0 fully saturated rings. The highest BCUT2D eigenvalue weighted by Gasteiger charge is 2.48. The summed E-state index contributed by atoms with van der Waals surface area (Å²) >= 11 is 0. The number of furan rings is 1. The van der Waals surface area contributed by atoms with Gasteiger partial charge in [-0.2, -0.15) is 0 Å². The molecule has 3 aliphatic rings. The molecule has 0 radical (unpaired) electrons. The average molecular weight is 659 g/mol. The van der Waals surface area contributed by atoms with Crippen LogP contribution in [0.15, 0.2) is 126 Å². The Bertz CT molecular complexity index is 2780. The predicted molar refractivity (Wildman–Crippen MR) is 215 cm³/mol. The van der Waals surface area contributed by atoms with Crippen molar-refractivity contribution in [2.75, 3.05) is 4.81 Å². The van der Waals surface area contributed by atoms with Gasteiger partial charge in [0, 0.05) is 33.1 Å². The summed E-state index contributed by atoms with van der Waals surface area (Å²) in [6.07, 6.45) is 2.38. The van der Waals surface area contributed by atoms with Gasteiger partial charge in [-0.05, 0) is 106 Å². The third-order valence-electron chi connectivity index (χ3n) is 12.5. The van der Waals surface area contributed by atoms with Crippen LogP contribution < -0.4 is 15.9 Å². The Morgan fingerprint density at radius 3 is 2.24 bits per heavy atom. The van der Waals surface area contributed by atoms with Crippen molar-refractivity contribution in [1.82, 2.24) is 4.57 Å². The molecule has 3 nitrogen and oxygen atoms in total. The summed E-state index contributed by atoms with van der Waals surface area (Å²) < 4.78 is 9.74. The highest BCUT2D eigenvalue weighted by Crippen LogP contribution is 2.50. The van der Waals surface area contributed by atoms with Crippen LogP contribution in [0.4, 0.5) is 11.4 Å². The molecule has 51 heavy (non-hydrogen) atoms. The second-order valence-electron chi connectivity index (χ2n) is 16.4. The summed E-state index contributed by atoms with van der Waals surface area (Å²) in [5.74, 6) is 0. The zero-order valence-corrected chi connectivity index (χ0v) is 29.8. The van der Waals surface area contributed by atoms with Crippen molar-refractivity contribution in [1.29, 1.82) is 0 Å². The Morgan fingerprint density at radius 2 is 1.39 bits per heavy atom. The minimum atomic E-state index is -0.143. The number of para-hydroxylation sites is 2. The van der Waals surface area contributed by atoms with Gasteiger partial charge in [0.2, 0.25) is 0 Å². The Morgan fingerprint density at radius 1 is 0.647 bits per heavy atom. The van der Waals surface area contributed by atoms with E-state index in [1.165, 1.54) is 90.4 Å². The first-order valence-corrected chi connectivity index (χ1v) is 18.4. The van der Waals surface area contributed by atoms with Crippen LogP contribution in [0.25, 0.3) is 60.7 Å². The smallest absolute Gasteiger partial charge is 0.375 e. The summed E-state index contributed by atoms with van der Waals surface area (Å²) in [4.78, 5) is 2.60. The molecule has 0 amide bonds. The molecule has 0 spiro atoms. The second kappa shape index (κ2) is 9.85. The first-order chi connectivity index (χ1) is 24.7. The Balaban J connectivity index is 1.29. The van der Waals surface area contributed by atoms with Gasteiger partial charge in [-0.15, -0.1) is 0 Å². The molecule has 0 N–H and O–H groups in total. The van der Waals surface area contributed by atoms with Gasteiger partial charge >= 0.3 is 6.85 Å². The van der Waals surface area contributed by atoms with Crippen LogP contribution in [0.3, 0.4) is 0 Å². The van der Waals surface area contributed by atoms with Crippen LogP contribution in [0.1, 0.15) is 57.2 Å². The summed E-state index contributed by atoms with van der Waals surface area (Å²) in [7, 11) is 0. The molecule has 0 bridgehead atoms. The van der Waals surface area contributed by atoms with Crippen LogP contribution in [0, 0.1) is 6.92 Å². The van der Waals surface area contributed by atoms with Crippen molar-refractivity contribution in [2.45, 2.75) is 58.3 Å². The molecule has 11 rings (SSSR count). The van der Waals surface area contributed by atoms with Crippen LogP contribution in [0.5, 0.6) is 0 Å². The zero-order chi connectivity index (χ0) is 34.4. The predicted octanol–water partition coefficient (Wildman–Crippen LogP) is 11.1. The van der Waals surface area contributed by atoms with E-state index in [0.29, 0.717) is 0 Å². The summed E-state index contributed by atoms with van der Waals surface area (Å²) in [5, 5.41) is 3.77. The van der Waals surface area contributed by atoms with Gasteiger partial charge in [-0.25, -0.2) is 0 Å². The summed E-state index contributed by atoms with van der Waals surface area (Å²) in [5.41, 5.74) is 18.8. The third-order valence-corrected chi connectivity index (χ3v) is 12.5. The van der Waals surface area contributed by atoms with Gasteiger partial charge < -0.3 is 13.8 Å². The maximum Gasteiger partial charge on any atom is 0.375 e. The molecule has 4 heteroatoms. The molecule has 2 aliphatic heterocycles. The highest BCUT2D eigenvalue weighted by molar-refractivity contribution is 6.93. The lowest BCUT2D eigenvalue weighted by atomic mass is 9.46. The topological polar surface area (TPSA) is 21.3 Å². The van der Waals surface area contributed by atoms with E-state index in [0.717, 1.165) is 22.3 Å². The fourth-order valence-corrected chi connectivity index (χ4v) is 9.89. The Hall–Kier alpha value is -5.48. The number of nitrogens with zero attached hydrogens (tertiary/aromatic N) is 2. The molecule has 1 aliphatic carbocycles. The summed E-state index contributed by atoms with van der Waals surface area (Å²) in [6, 6.07) is 45.2. The van der Waals surface area contributed by atoms with Crippen molar-refractivity contribution >= 4 is 62.1 Å². The largest absolute Gasteiger partial charge is 0.466 e. The standard InChI is InChI=1S/C47H39BN2O/c1-28-25-34-32-15-9-12-18-39(32)50(31-20-21-36-37(27-31)47(4,5)24-23-46(36,2)3)48-42(34)44-41(28)33-16-10-11-17-38(33)49(44)43-35-26-30(29-13-7-6-8-14-29)19-22-40(35)51-45(43)48/h6-22,25-27H,23-24H2,1-5H3. The second-order valence-corrected chi connectivity index (χ2v) is 16.4. The summed E-state index contributed by atoms with van der Waals surface area (Å²) in [6.45, 7) is 11.8. The number of aryl methyl sites for hydroxylation is 1. The van der Waals surface area contributed by atoms with Gasteiger partial charge in [-0.1, -0.05) is 113 Å². The third kappa shape index (κ3) is 3.80. The first kappa shape index (κ1) is 29.3. The van der Waals surface area contributed by atoms with Crippen molar-refractivity contribution in [3.63, 3.8) is 0 Å². The molecule has 8 aromatic rings. The highest BCUT2D eigenvalue weighted by atomic mass is 16.3. The normalized spacial score (nSPS) is 16.4. The molecule has 4 heterocycles. The number of fused-ring (bicyclic) bond motifs is 11.